The van der Waals surface area contributed by atoms with Crippen molar-refractivity contribution in [2.45, 2.75) is 13.3 Å². The Bertz CT molecular complexity index is 683. The van der Waals surface area contributed by atoms with Crippen LogP contribution in [0.3, 0.4) is 0 Å². The van der Waals surface area contributed by atoms with Gasteiger partial charge in [-0.1, -0.05) is 28.1 Å². The zero-order valence-electron chi connectivity index (χ0n) is 10.5. The molecule has 2 rings (SSSR count). The first-order valence-electron chi connectivity index (χ1n) is 5.82. The van der Waals surface area contributed by atoms with Crippen molar-refractivity contribution in [3.63, 3.8) is 0 Å². The minimum Gasteiger partial charge on any atom is -0.294 e. The summed E-state index contributed by atoms with van der Waals surface area (Å²) >= 11 is 3.12. The summed E-state index contributed by atoms with van der Waals surface area (Å²) in [7, 11) is 0. The summed E-state index contributed by atoms with van der Waals surface area (Å²) in [6.45, 7) is 1.46. The Morgan fingerprint density at radius 2 is 1.85 bits per heavy atom. The van der Waals surface area contributed by atoms with E-state index in [1.807, 2.05) is 0 Å². The van der Waals surface area contributed by atoms with Crippen LogP contribution in [0.25, 0.3) is 0 Å². The second kappa shape index (κ2) is 5.79. The monoisotopic (exact) mass is 342 g/mol. The van der Waals surface area contributed by atoms with Gasteiger partial charge >= 0.3 is 0 Å². The van der Waals surface area contributed by atoms with E-state index in [0.717, 1.165) is 6.07 Å². The van der Waals surface area contributed by atoms with E-state index in [9.17, 15) is 18.0 Å². The van der Waals surface area contributed by atoms with E-state index in [-0.39, 0.29) is 12.0 Å². The van der Waals surface area contributed by atoms with Crippen molar-refractivity contribution in [3.8, 4) is 0 Å². The molecule has 0 aromatic heterocycles. The summed E-state index contributed by atoms with van der Waals surface area (Å²) in [4.78, 5) is 12.1. The zero-order valence-corrected chi connectivity index (χ0v) is 12.1. The van der Waals surface area contributed by atoms with E-state index in [2.05, 4.69) is 15.9 Å². The molecule has 5 heteroatoms. The van der Waals surface area contributed by atoms with E-state index in [0.29, 0.717) is 10.0 Å². The predicted molar refractivity (Wildman–Crippen MR) is 73.2 cm³/mol. The van der Waals surface area contributed by atoms with Gasteiger partial charge in [-0.2, -0.15) is 0 Å². The number of carbonyl (C=O) groups excluding carboxylic acids is 1. The molecule has 0 aliphatic heterocycles. The Balaban J connectivity index is 2.36. The Kier molecular flexibility index (Phi) is 4.28. The van der Waals surface area contributed by atoms with Gasteiger partial charge in [0.1, 0.15) is 17.5 Å². The second-order valence-corrected chi connectivity index (χ2v) is 5.24. The summed E-state index contributed by atoms with van der Waals surface area (Å²) in [6.07, 6.45) is -0.210. The molecule has 0 saturated carbocycles. The van der Waals surface area contributed by atoms with Crippen molar-refractivity contribution in [1.82, 2.24) is 0 Å². The number of carbonyl (C=O) groups is 1. The first-order chi connectivity index (χ1) is 9.40. The van der Waals surface area contributed by atoms with Crippen LogP contribution >= 0.6 is 15.9 Å². The molecule has 0 heterocycles. The molecule has 0 bridgehead atoms. The van der Waals surface area contributed by atoms with Crippen molar-refractivity contribution >= 4 is 21.7 Å². The fraction of sp³-hybridized carbons (Fsp3) is 0.133. The second-order valence-electron chi connectivity index (χ2n) is 4.39. The molecule has 0 spiro atoms. The third-order valence-electron chi connectivity index (χ3n) is 2.93. The van der Waals surface area contributed by atoms with Gasteiger partial charge in [0, 0.05) is 10.9 Å². The van der Waals surface area contributed by atoms with Gasteiger partial charge < -0.3 is 0 Å². The first-order valence-corrected chi connectivity index (χ1v) is 6.61. The summed E-state index contributed by atoms with van der Waals surface area (Å²) in [5.41, 5.74) is 0.117. The lowest BCUT2D eigenvalue weighted by atomic mass is 10.00. The smallest absolute Gasteiger partial charge is 0.173 e. The van der Waals surface area contributed by atoms with Gasteiger partial charge in [-0.3, -0.25) is 4.79 Å². The maximum atomic E-state index is 13.8. The molecule has 0 N–H and O–H groups in total. The molecule has 2 aromatic rings. The Labute approximate surface area is 122 Å². The third kappa shape index (κ3) is 2.93. The number of hydrogen-bond acceptors (Lipinski definition) is 1. The van der Waals surface area contributed by atoms with Crippen molar-refractivity contribution in [3.05, 3.63) is 68.9 Å². The Morgan fingerprint density at radius 1 is 1.15 bits per heavy atom. The first kappa shape index (κ1) is 14.8. The molecule has 20 heavy (non-hydrogen) atoms. The fourth-order valence-corrected chi connectivity index (χ4v) is 2.33. The molecule has 0 amide bonds. The predicted octanol–water partition coefficient (Wildman–Crippen LogP) is 4.60. The van der Waals surface area contributed by atoms with E-state index < -0.39 is 28.8 Å². The summed E-state index contributed by atoms with van der Waals surface area (Å²) in [6, 6.07) is 6.13. The molecule has 2 aromatic carbocycles. The molecule has 0 aliphatic carbocycles. The lowest BCUT2D eigenvalue weighted by molar-refractivity contribution is 0.0984. The molecule has 0 fully saturated rings. The Hall–Kier alpha value is -1.62. The number of ketones is 1. The molecule has 0 saturated heterocycles. The molecule has 0 unspecified atom stereocenters. The maximum Gasteiger partial charge on any atom is 0.173 e. The topological polar surface area (TPSA) is 17.1 Å². The van der Waals surface area contributed by atoms with Crippen molar-refractivity contribution < 1.29 is 18.0 Å². The van der Waals surface area contributed by atoms with Gasteiger partial charge in [0.25, 0.3) is 0 Å². The van der Waals surface area contributed by atoms with Crippen LogP contribution in [0.15, 0.2) is 34.8 Å². The van der Waals surface area contributed by atoms with Gasteiger partial charge in [0.05, 0.1) is 5.56 Å². The molecule has 0 aliphatic rings. The van der Waals surface area contributed by atoms with Crippen molar-refractivity contribution in [2.24, 2.45) is 0 Å². The van der Waals surface area contributed by atoms with Crippen LogP contribution in [0.2, 0.25) is 0 Å². The van der Waals surface area contributed by atoms with Crippen LogP contribution in [0.4, 0.5) is 13.2 Å². The number of benzene rings is 2. The number of Topliss-reactive ketones (excluding diaryl/α,β-unsaturated/α-hetero) is 1. The van der Waals surface area contributed by atoms with Crippen LogP contribution in [0.1, 0.15) is 21.5 Å². The largest absolute Gasteiger partial charge is 0.294 e. The lowest BCUT2D eigenvalue weighted by Crippen LogP contribution is -2.10. The SMILES string of the molecule is Cc1ccc(F)c(C(=O)Cc2ccc(F)cc2Br)c1F. The summed E-state index contributed by atoms with van der Waals surface area (Å²) < 4.78 is 40.8. The summed E-state index contributed by atoms with van der Waals surface area (Å²) in [5.74, 6) is -2.89. The van der Waals surface area contributed by atoms with Crippen LogP contribution in [-0.2, 0) is 6.42 Å². The Morgan fingerprint density at radius 3 is 2.50 bits per heavy atom. The quantitative estimate of drug-likeness (QED) is 0.745. The minimum atomic E-state index is -0.892. The van der Waals surface area contributed by atoms with Crippen molar-refractivity contribution in [1.29, 1.82) is 0 Å². The molecular weight excluding hydrogens is 333 g/mol. The number of hydrogen-bond donors (Lipinski definition) is 0. The molecule has 104 valence electrons. The maximum absolute atomic E-state index is 13.8. The summed E-state index contributed by atoms with van der Waals surface area (Å²) in [5, 5.41) is 0. The highest BCUT2D eigenvalue weighted by molar-refractivity contribution is 9.10. The van der Waals surface area contributed by atoms with Gasteiger partial charge in [-0.05, 0) is 36.2 Å². The van der Waals surface area contributed by atoms with Crippen molar-refractivity contribution in [2.75, 3.05) is 0 Å². The van der Waals surface area contributed by atoms with E-state index >= 15 is 0 Å². The average molecular weight is 343 g/mol. The van der Waals surface area contributed by atoms with E-state index in [1.165, 1.54) is 31.2 Å². The number of rotatable bonds is 3. The molecular formula is C15H10BrF3O. The molecule has 0 radical (unpaired) electrons. The minimum absolute atomic E-state index is 0.202. The molecule has 0 atom stereocenters. The standard InChI is InChI=1S/C15H10BrF3O/c1-8-2-5-12(18)14(15(8)19)13(20)6-9-3-4-10(17)7-11(9)16/h2-5,7H,6H2,1H3. The van der Waals surface area contributed by atoms with E-state index in [1.54, 1.807) is 0 Å². The number of halogens is 4. The van der Waals surface area contributed by atoms with Gasteiger partial charge in [-0.25, -0.2) is 13.2 Å². The average Bonchev–Trinajstić information content (AvgIpc) is 2.38. The number of aryl methyl sites for hydroxylation is 1. The van der Waals surface area contributed by atoms with Gasteiger partial charge in [0.2, 0.25) is 0 Å². The zero-order chi connectivity index (χ0) is 14.9. The van der Waals surface area contributed by atoms with Crippen LogP contribution < -0.4 is 0 Å². The lowest BCUT2D eigenvalue weighted by Gasteiger charge is -2.08. The highest BCUT2D eigenvalue weighted by Crippen LogP contribution is 2.22. The normalized spacial score (nSPS) is 10.7. The van der Waals surface area contributed by atoms with Gasteiger partial charge in [0.15, 0.2) is 5.78 Å². The third-order valence-corrected chi connectivity index (χ3v) is 3.67. The van der Waals surface area contributed by atoms with Crippen LogP contribution in [0, 0.1) is 24.4 Å². The van der Waals surface area contributed by atoms with E-state index in [4.69, 9.17) is 0 Å². The highest BCUT2D eigenvalue weighted by Gasteiger charge is 2.20. The fourth-order valence-electron chi connectivity index (χ4n) is 1.84. The van der Waals surface area contributed by atoms with Crippen LogP contribution in [-0.4, -0.2) is 5.78 Å². The molecule has 1 nitrogen and oxygen atoms in total. The van der Waals surface area contributed by atoms with Crippen LogP contribution in [0.5, 0.6) is 0 Å². The highest BCUT2D eigenvalue weighted by atomic mass is 79.9. The van der Waals surface area contributed by atoms with Gasteiger partial charge in [-0.15, -0.1) is 0 Å².